The average molecular weight is 606 g/mol. The van der Waals surface area contributed by atoms with E-state index >= 15 is 0 Å². The van der Waals surface area contributed by atoms with E-state index in [1.165, 1.54) is 28.8 Å². The Kier molecular flexibility index (Phi) is 7.34. The Morgan fingerprint density at radius 1 is 1.27 bits per heavy atom. The quantitative estimate of drug-likeness (QED) is 0.0831. The molecule has 0 bridgehead atoms. The van der Waals surface area contributed by atoms with Crippen molar-refractivity contribution in [3.05, 3.63) is 39.9 Å². The topological polar surface area (TPSA) is 228 Å². The molecule has 0 saturated carbocycles. The molecule has 16 nitrogen and oxygen atoms in total. The summed E-state index contributed by atoms with van der Waals surface area (Å²) in [5.41, 5.74) is 6.76. The summed E-state index contributed by atoms with van der Waals surface area (Å²) in [6.45, 7) is 1.71. The predicted octanol–water partition coefficient (Wildman–Crippen LogP) is 0.0510. The van der Waals surface area contributed by atoms with Crippen LogP contribution < -0.4 is 11.1 Å². The number of carbonyl (C=O) groups excluding carboxylic acids is 2. The first kappa shape index (κ1) is 27.3. The third kappa shape index (κ3) is 4.93. The molecule has 5 N–H and O–H groups in total. The lowest BCUT2D eigenvalue weighted by Gasteiger charge is -2.49. The summed E-state index contributed by atoms with van der Waals surface area (Å²) in [4.78, 5) is 67.8. The summed E-state index contributed by atoms with van der Waals surface area (Å²) in [6.07, 6.45) is 0. The standard InChI is InChI=1S/C21H19N9O7S3/c1-7-3-10-25-14(19(35)36)27-30(10)21(23-7)40-5-8-4-38-17-12(16(32)29(17)13(8)18(33)34)26-15(31)11(28-37-2)9-6-39-20(22)24-9/h3,6,12,17H,4-5H2,1-2H3,(H2,22,24)(H,26,31)(H,33,34)(H,35,36)/b28-11-/t12-,17-/m1/s1. The maximum atomic E-state index is 13.1. The molecule has 5 heterocycles. The van der Waals surface area contributed by atoms with Crippen molar-refractivity contribution in [3.8, 4) is 0 Å². The zero-order valence-electron chi connectivity index (χ0n) is 20.6. The number of aromatic nitrogens is 5. The summed E-state index contributed by atoms with van der Waals surface area (Å²) in [6, 6.07) is 0.577. The SMILES string of the molecule is CO/N=C(\C(=O)N[C@@H]1C(=O)N2C(C(=O)O)=C(CSc3nc(C)cc4nc(C(=O)O)nn34)CS[C@H]12)c1csc(N)n1. The minimum atomic E-state index is -1.30. The van der Waals surface area contributed by atoms with Gasteiger partial charge in [0.15, 0.2) is 21.6 Å². The van der Waals surface area contributed by atoms with Gasteiger partial charge >= 0.3 is 11.9 Å². The van der Waals surface area contributed by atoms with Gasteiger partial charge in [-0.05, 0) is 12.5 Å². The van der Waals surface area contributed by atoms with E-state index in [0.717, 1.165) is 28.0 Å². The average Bonchev–Trinajstić information content (AvgIpc) is 3.54. The Bertz CT molecular complexity index is 1630. The van der Waals surface area contributed by atoms with Gasteiger partial charge in [0.05, 0.1) is 0 Å². The number of carbonyl (C=O) groups is 4. The molecule has 2 aliphatic heterocycles. The molecule has 3 aromatic rings. The number of hydrogen-bond donors (Lipinski definition) is 4. The number of carboxylic acids is 2. The molecule has 2 amide bonds. The summed E-state index contributed by atoms with van der Waals surface area (Å²) < 4.78 is 1.27. The van der Waals surface area contributed by atoms with E-state index in [1.807, 2.05) is 0 Å². The fraction of sp³-hybridized carbons (Fsp3) is 0.286. The van der Waals surface area contributed by atoms with E-state index in [1.54, 1.807) is 13.0 Å². The van der Waals surface area contributed by atoms with Gasteiger partial charge in [-0.2, -0.15) is 4.52 Å². The van der Waals surface area contributed by atoms with Gasteiger partial charge in [-0.15, -0.1) is 28.2 Å². The number of rotatable bonds is 9. The number of hydrogen-bond acceptors (Lipinski definition) is 14. The molecule has 0 aliphatic carbocycles. The molecule has 2 atom stereocenters. The highest BCUT2D eigenvalue weighted by molar-refractivity contribution is 8.01. The molecule has 0 radical (unpaired) electrons. The predicted molar refractivity (Wildman–Crippen MR) is 143 cm³/mol. The Labute approximate surface area is 236 Å². The Balaban J connectivity index is 1.35. The molecular weight excluding hydrogens is 586 g/mol. The lowest BCUT2D eigenvalue weighted by molar-refractivity contribution is -0.150. The van der Waals surface area contributed by atoms with Crippen LogP contribution in [0.15, 0.2) is 33.0 Å². The van der Waals surface area contributed by atoms with Crippen molar-refractivity contribution >= 4 is 75.1 Å². The highest BCUT2D eigenvalue weighted by Crippen LogP contribution is 2.41. The van der Waals surface area contributed by atoms with Gasteiger partial charge in [-0.3, -0.25) is 14.5 Å². The van der Waals surface area contributed by atoms with Crippen LogP contribution in [-0.2, 0) is 19.2 Å². The Morgan fingerprint density at radius 2 is 2.05 bits per heavy atom. The van der Waals surface area contributed by atoms with E-state index in [4.69, 9.17) is 10.6 Å². The van der Waals surface area contributed by atoms with E-state index in [9.17, 15) is 29.4 Å². The number of thioether (sulfide) groups is 2. The van der Waals surface area contributed by atoms with Gasteiger partial charge in [0.25, 0.3) is 17.6 Å². The molecule has 5 rings (SSSR count). The van der Waals surface area contributed by atoms with Crippen LogP contribution in [0.3, 0.4) is 0 Å². The zero-order chi connectivity index (χ0) is 28.7. The van der Waals surface area contributed by atoms with Crippen LogP contribution in [0.4, 0.5) is 5.13 Å². The second-order valence-corrected chi connectivity index (χ2v) is 11.2. The highest BCUT2D eigenvalue weighted by Gasteiger charge is 2.54. The number of oxime groups is 1. The van der Waals surface area contributed by atoms with E-state index < -0.39 is 41.0 Å². The zero-order valence-corrected chi connectivity index (χ0v) is 23.0. The van der Waals surface area contributed by atoms with Crippen LogP contribution in [0.1, 0.15) is 22.0 Å². The molecule has 1 saturated heterocycles. The van der Waals surface area contributed by atoms with Gasteiger partial charge < -0.3 is 26.1 Å². The number of aromatic carboxylic acids is 1. The van der Waals surface area contributed by atoms with Crippen molar-refractivity contribution in [3.63, 3.8) is 0 Å². The first-order chi connectivity index (χ1) is 19.1. The fourth-order valence-electron chi connectivity index (χ4n) is 4.01. The molecular formula is C21H19N9O7S3. The number of nitrogens with zero attached hydrogens (tertiary/aromatic N) is 7. The summed E-state index contributed by atoms with van der Waals surface area (Å²) in [5, 5.41) is 30.9. The van der Waals surface area contributed by atoms with Crippen molar-refractivity contribution in [2.24, 2.45) is 5.16 Å². The second-order valence-electron chi connectivity index (χ2n) is 8.29. The van der Waals surface area contributed by atoms with Crippen LogP contribution in [0, 0.1) is 6.92 Å². The lowest BCUT2D eigenvalue weighted by atomic mass is 10.0. The number of nitrogens with one attached hydrogen (secondary N) is 1. The monoisotopic (exact) mass is 605 g/mol. The normalized spacial score (nSPS) is 18.9. The molecule has 40 heavy (non-hydrogen) atoms. The van der Waals surface area contributed by atoms with Gasteiger partial charge in [-0.1, -0.05) is 16.9 Å². The Morgan fingerprint density at radius 3 is 2.70 bits per heavy atom. The molecule has 208 valence electrons. The number of β-lactam (4-membered cyclic amide) rings is 1. The molecule has 19 heteroatoms. The molecule has 0 spiro atoms. The second kappa shape index (κ2) is 10.7. The highest BCUT2D eigenvalue weighted by atomic mass is 32.2. The van der Waals surface area contributed by atoms with Crippen molar-refractivity contribution in [2.45, 2.75) is 23.5 Å². The minimum Gasteiger partial charge on any atom is -0.477 e. The third-order valence-corrected chi connectivity index (χ3v) is 8.72. The van der Waals surface area contributed by atoms with Crippen LogP contribution >= 0.6 is 34.9 Å². The number of anilines is 1. The third-order valence-electron chi connectivity index (χ3n) is 5.69. The van der Waals surface area contributed by atoms with Gasteiger partial charge in [0.1, 0.15) is 29.9 Å². The van der Waals surface area contributed by atoms with Crippen LogP contribution in [0.5, 0.6) is 0 Å². The molecule has 0 aromatic carbocycles. The number of nitrogens with two attached hydrogens (primary N) is 1. The molecule has 0 unspecified atom stereocenters. The number of thiazole rings is 1. The number of nitrogen functional groups attached to an aromatic ring is 1. The molecule has 1 fully saturated rings. The Hall–Kier alpha value is -4.23. The van der Waals surface area contributed by atoms with Gasteiger partial charge in [-0.25, -0.2) is 24.5 Å². The number of carboxylic acid groups (broad SMARTS) is 2. The van der Waals surface area contributed by atoms with Crippen LogP contribution in [0.2, 0.25) is 0 Å². The first-order valence-electron chi connectivity index (χ1n) is 11.2. The number of aryl methyl sites for hydroxylation is 1. The fourth-order valence-corrected chi connectivity index (χ4v) is 7.04. The first-order valence-corrected chi connectivity index (χ1v) is 14.1. The van der Waals surface area contributed by atoms with Crippen molar-refractivity contribution in [2.75, 3.05) is 24.3 Å². The van der Waals surface area contributed by atoms with E-state index in [-0.39, 0.29) is 39.4 Å². The van der Waals surface area contributed by atoms with Crippen molar-refractivity contribution in [1.82, 2.24) is 34.8 Å². The summed E-state index contributed by atoms with van der Waals surface area (Å²) in [5.74, 6) is -3.93. The summed E-state index contributed by atoms with van der Waals surface area (Å²) in [7, 11) is 1.25. The van der Waals surface area contributed by atoms with Crippen molar-refractivity contribution < 1.29 is 34.2 Å². The number of aliphatic carboxylic acids is 1. The van der Waals surface area contributed by atoms with Gasteiger partial charge in [0.2, 0.25) is 0 Å². The lowest BCUT2D eigenvalue weighted by Crippen LogP contribution is -2.71. The smallest absolute Gasteiger partial charge is 0.375 e. The summed E-state index contributed by atoms with van der Waals surface area (Å²) >= 11 is 3.53. The van der Waals surface area contributed by atoms with Crippen molar-refractivity contribution in [1.29, 1.82) is 0 Å². The van der Waals surface area contributed by atoms with Crippen LogP contribution in [0.25, 0.3) is 5.65 Å². The molecule has 3 aromatic heterocycles. The molecule has 2 aliphatic rings. The van der Waals surface area contributed by atoms with E-state index in [2.05, 4.69) is 30.5 Å². The number of amides is 2. The maximum absolute atomic E-state index is 13.1. The largest absolute Gasteiger partial charge is 0.477 e. The number of fused-ring (bicyclic) bond motifs is 2. The van der Waals surface area contributed by atoms with Crippen LogP contribution in [-0.4, -0.2) is 99.2 Å². The minimum absolute atomic E-state index is 0.131. The maximum Gasteiger partial charge on any atom is 0.375 e. The van der Waals surface area contributed by atoms with E-state index in [0.29, 0.717) is 16.4 Å². The van der Waals surface area contributed by atoms with Gasteiger partial charge in [0, 0.05) is 28.6 Å².